The van der Waals surface area contributed by atoms with E-state index in [-0.39, 0.29) is 17.6 Å². The second-order valence-electron chi connectivity index (χ2n) is 4.40. The van der Waals surface area contributed by atoms with E-state index < -0.39 is 4.92 Å². The predicted molar refractivity (Wildman–Crippen MR) is 80.4 cm³/mol. The van der Waals surface area contributed by atoms with Crippen LogP contribution in [0.25, 0.3) is 0 Å². The van der Waals surface area contributed by atoms with Gasteiger partial charge in [-0.25, -0.2) is 0 Å². The second kappa shape index (κ2) is 7.96. The summed E-state index contributed by atoms with van der Waals surface area (Å²) in [6.45, 7) is 4.77. The maximum atomic E-state index is 11.7. The molecule has 1 atom stereocenters. The van der Waals surface area contributed by atoms with E-state index in [0.717, 1.165) is 12.0 Å². The predicted octanol–water partition coefficient (Wildman–Crippen LogP) is 2.36. The van der Waals surface area contributed by atoms with Crippen molar-refractivity contribution in [1.29, 1.82) is 0 Å². The zero-order valence-corrected chi connectivity index (χ0v) is 13.1. The Kier molecular flexibility index (Phi) is 6.60. The minimum absolute atomic E-state index is 0.0207. The van der Waals surface area contributed by atoms with E-state index in [1.165, 1.54) is 6.07 Å². The van der Waals surface area contributed by atoms with Gasteiger partial charge in [0.15, 0.2) is 0 Å². The number of halogens is 1. The van der Waals surface area contributed by atoms with Crippen LogP contribution in [0.15, 0.2) is 22.7 Å². The highest BCUT2D eigenvalue weighted by molar-refractivity contribution is 9.10. The Bertz CT molecular complexity index is 494. The van der Waals surface area contributed by atoms with Crippen LogP contribution in [-0.4, -0.2) is 23.4 Å². The van der Waals surface area contributed by atoms with Gasteiger partial charge in [-0.15, -0.1) is 0 Å². The number of nitro groups is 1. The van der Waals surface area contributed by atoms with Gasteiger partial charge in [-0.3, -0.25) is 14.9 Å². The van der Waals surface area contributed by atoms with E-state index in [1.807, 2.05) is 6.92 Å². The zero-order chi connectivity index (χ0) is 15.1. The topological polar surface area (TPSA) is 84.3 Å². The highest BCUT2D eigenvalue weighted by atomic mass is 79.9. The number of nitrogens with one attached hydrogen (secondary N) is 2. The molecule has 0 aliphatic rings. The average Bonchev–Trinajstić information content (AvgIpc) is 2.42. The molecule has 0 fully saturated rings. The Morgan fingerprint density at radius 1 is 1.50 bits per heavy atom. The summed E-state index contributed by atoms with van der Waals surface area (Å²) in [5.74, 6) is -0.0756. The Morgan fingerprint density at radius 3 is 2.80 bits per heavy atom. The first-order valence-electron chi connectivity index (χ1n) is 6.40. The summed E-state index contributed by atoms with van der Waals surface area (Å²) < 4.78 is 0.443. The summed E-state index contributed by atoms with van der Waals surface area (Å²) in [6.07, 6.45) is 0.884. The van der Waals surface area contributed by atoms with Crippen LogP contribution < -0.4 is 10.6 Å². The van der Waals surface area contributed by atoms with Crippen molar-refractivity contribution >= 4 is 27.5 Å². The summed E-state index contributed by atoms with van der Waals surface area (Å²) in [6, 6.07) is 4.49. The summed E-state index contributed by atoms with van der Waals surface area (Å²) in [7, 11) is 0. The molecule has 20 heavy (non-hydrogen) atoms. The van der Waals surface area contributed by atoms with Crippen LogP contribution in [0.1, 0.15) is 25.8 Å². The molecule has 0 aromatic heterocycles. The van der Waals surface area contributed by atoms with Gasteiger partial charge in [-0.05, 0) is 34.8 Å². The standard InChI is InChI=1S/C13H18BrN3O3/c1-3-7-15-13(18)9(2)16-8-10-5-4-6-11(12(10)14)17(19)20/h4-6,9,16H,3,7-8H2,1-2H3,(H,15,18). The average molecular weight is 344 g/mol. The Hall–Kier alpha value is -1.47. The number of nitrogens with zero attached hydrogens (tertiary/aromatic N) is 1. The molecule has 0 aliphatic heterocycles. The SMILES string of the molecule is CCCNC(=O)C(C)NCc1cccc([N+](=O)[O-])c1Br. The van der Waals surface area contributed by atoms with Crippen LogP contribution in [0.3, 0.4) is 0 Å². The van der Waals surface area contributed by atoms with Crippen molar-refractivity contribution < 1.29 is 9.72 Å². The summed E-state index contributed by atoms with van der Waals surface area (Å²) in [5, 5.41) is 16.7. The van der Waals surface area contributed by atoms with Crippen molar-refractivity contribution in [1.82, 2.24) is 10.6 Å². The number of carbonyl (C=O) groups excluding carboxylic acids is 1. The van der Waals surface area contributed by atoms with Crippen LogP contribution in [0.4, 0.5) is 5.69 Å². The van der Waals surface area contributed by atoms with Crippen molar-refractivity contribution in [2.45, 2.75) is 32.9 Å². The van der Waals surface area contributed by atoms with Gasteiger partial charge in [0.2, 0.25) is 5.91 Å². The first kappa shape index (κ1) is 16.6. The maximum absolute atomic E-state index is 11.7. The Morgan fingerprint density at radius 2 is 2.20 bits per heavy atom. The molecule has 0 saturated heterocycles. The molecule has 2 N–H and O–H groups in total. The maximum Gasteiger partial charge on any atom is 0.283 e. The molecule has 1 unspecified atom stereocenters. The van der Waals surface area contributed by atoms with Gasteiger partial charge in [0.1, 0.15) is 0 Å². The third-order valence-corrected chi connectivity index (χ3v) is 3.71. The van der Waals surface area contributed by atoms with Crippen molar-refractivity contribution in [3.05, 3.63) is 38.3 Å². The second-order valence-corrected chi connectivity index (χ2v) is 5.19. The molecule has 0 heterocycles. The molecule has 0 bridgehead atoms. The van der Waals surface area contributed by atoms with E-state index in [2.05, 4.69) is 26.6 Å². The Balaban J connectivity index is 2.64. The van der Waals surface area contributed by atoms with Gasteiger partial charge in [0.25, 0.3) is 5.69 Å². The van der Waals surface area contributed by atoms with Gasteiger partial charge >= 0.3 is 0 Å². The summed E-state index contributed by atoms with van der Waals surface area (Å²) >= 11 is 3.23. The summed E-state index contributed by atoms with van der Waals surface area (Å²) in [4.78, 5) is 22.1. The number of benzene rings is 1. The lowest BCUT2D eigenvalue weighted by molar-refractivity contribution is -0.385. The molecule has 110 valence electrons. The fourth-order valence-corrected chi connectivity index (χ4v) is 2.15. The molecule has 0 radical (unpaired) electrons. The van der Waals surface area contributed by atoms with Crippen LogP contribution in [0.2, 0.25) is 0 Å². The largest absolute Gasteiger partial charge is 0.355 e. The molecular formula is C13H18BrN3O3. The first-order chi connectivity index (χ1) is 9.47. The van der Waals surface area contributed by atoms with E-state index >= 15 is 0 Å². The lowest BCUT2D eigenvalue weighted by Crippen LogP contribution is -2.42. The molecule has 1 aromatic carbocycles. The van der Waals surface area contributed by atoms with E-state index in [4.69, 9.17) is 0 Å². The van der Waals surface area contributed by atoms with Gasteiger partial charge in [-0.1, -0.05) is 19.1 Å². The number of hydrogen-bond donors (Lipinski definition) is 2. The smallest absolute Gasteiger partial charge is 0.283 e. The number of rotatable bonds is 7. The first-order valence-corrected chi connectivity index (χ1v) is 7.19. The van der Waals surface area contributed by atoms with E-state index in [0.29, 0.717) is 17.6 Å². The minimum Gasteiger partial charge on any atom is -0.355 e. The van der Waals surface area contributed by atoms with Crippen molar-refractivity contribution in [2.24, 2.45) is 0 Å². The minimum atomic E-state index is -0.440. The van der Waals surface area contributed by atoms with Crippen molar-refractivity contribution in [3.63, 3.8) is 0 Å². The van der Waals surface area contributed by atoms with Crippen LogP contribution in [0.5, 0.6) is 0 Å². The molecule has 0 saturated carbocycles. The molecular weight excluding hydrogens is 326 g/mol. The molecule has 7 heteroatoms. The highest BCUT2D eigenvalue weighted by Crippen LogP contribution is 2.28. The molecule has 1 aromatic rings. The van der Waals surface area contributed by atoms with Crippen LogP contribution in [0, 0.1) is 10.1 Å². The van der Waals surface area contributed by atoms with Crippen LogP contribution in [-0.2, 0) is 11.3 Å². The summed E-state index contributed by atoms with van der Waals surface area (Å²) in [5.41, 5.74) is 0.765. The van der Waals surface area contributed by atoms with Gasteiger partial charge < -0.3 is 10.6 Å². The molecule has 1 amide bonds. The number of amides is 1. The molecule has 0 spiro atoms. The third-order valence-electron chi connectivity index (χ3n) is 2.80. The molecule has 0 aliphatic carbocycles. The van der Waals surface area contributed by atoms with E-state index in [9.17, 15) is 14.9 Å². The third kappa shape index (κ3) is 4.57. The van der Waals surface area contributed by atoms with Crippen molar-refractivity contribution in [2.75, 3.05) is 6.54 Å². The molecule has 1 rings (SSSR count). The normalized spacial score (nSPS) is 11.9. The Labute approximate surface area is 126 Å². The van der Waals surface area contributed by atoms with E-state index in [1.54, 1.807) is 19.1 Å². The zero-order valence-electron chi connectivity index (χ0n) is 11.5. The van der Waals surface area contributed by atoms with Gasteiger partial charge in [0, 0.05) is 19.2 Å². The number of hydrogen-bond acceptors (Lipinski definition) is 4. The van der Waals surface area contributed by atoms with Gasteiger partial charge in [0.05, 0.1) is 15.4 Å². The number of nitro benzene ring substituents is 1. The monoisotopic (exact) mass is 343 g/mol. The number of carbonyl (C=O) groups is 1. The fraction of sp³-hybridized carbons (Fsp3) is 0.462. The lowest BCUT2D eigenvalue weighted by atomic mass is 10.2. The van der Waals surface area contributed by atoms with Gasteiger partial charge in [-0.2, -0.15) is 0 Å². The lowest BCUT2D eigenvalue weighted by Gasteiger charge is -2.14. The molecule has 6 nitrogen and oxygen atoms in total. The highest BCUT2D eigenvalue weighted by Gasteiger charge is 2.16. The fourth-order valence-electron chi connectivity index (χ4n) is 1.60. The quantitative estimate of drug-likeness (QED) is 0.587. The van der Waals surface area contributed by atoms with Crippen molar-refractivity contribution in [3.8, 4) is 0 Å². The van der Waals surface area contributed by atoms with Crippen LogP contribution >= 0.6 is 15.9 Å².